The van der Waals surface area contributed by atoms with Crippen molar-refractivity contribution in [3.63, 3.8) is 0 Å². The average molecular weight is 237 g/mol. The van der Waals surface area contributed by atoms with Crippen LogP contribution >= 0.6 is 0 Å². The van der Waals surface area contributed by atoms with E-state index in [0.717, 1.165) is 5.56 Å². The van der Waals surface area contributed by atoms with Crippen molar-refractivity contribution >= 4 is 9.84 Å². The molecule has 0 amide bonds. The summed E-state index contributed by atoms with van der Waals surface area (Å²) < 4.78 is 23.6. The second-order valence-electron chi connectivity index (χ2n) is 3.51. The van der Waals surface area contributed by atoms with Crippen molar-refractivity contribution in [3.8, 4) is 12.3 Å². The Morgan fingerprint density at radius 2 is 1.94 bits per heavy atom. The van der Waals surface area contributed by atoms with Gasteiger partial charge in [-0.15, -0.1) is 6.42 Å². The Kier molecular flexibility index (Phi) is 4.53. The van der Waals surface area contributed by atoms with Crippen LogP contribution in [-0.4, -0.2) is 27.3 Å². The lowest BCUT2D eigenvalue weighted by Gasteiger charge is -2.04. The molecule has 0 radical (unpaired) electrons. The molecule has 0 fully saturated rings. The lowest BCUT2D eigenvalue weighted by molar-refractivity contribution is 0.593. The summed E-state index contributed by atoms with van der Waals surface area (Å²) in [7, 11) is -3.19. The zero-order valence-electron chi connectivity index (χ0n) is 9.23. The van der Waals surface area contributed by atoms with Gasteiger partial charge in [-0.2, -0.15) is 0 Å². The van der Waals surface area contributed by atoms with Crippen molar-refractivity contribution in [2.45, 2.75) is 11.8 Å². The molecule has 0 saturated heterocycles. The molecule has 0 aliphatic carbocycles. The number of nitrogens with one attached hydrogen (secondary N) is 1. The molecule has 0 atom stereocenters. The molecule has 1 N–H and O–H groups in total. The van der Waals surface area contributed by atoms with Crippen molar-refractivity contribution < 1.29 is 8.42 Å². The Morgan fingerprint density at radius 3 is 2.50 bits per heavy atom. The van der Waals surface area contributed by atoms with Crippen molar-refractivity contribution in [1.29, 1.82) is 0 Å². The van der Waals surface area contributed by atoms with Gasteiger partial charge in [0.1, 0.15) is 0 Å². The molecule has 86 valence electrons. The minimum absolute atomic E-state index is 0.0672. The van der Waals surface area contributed by atoms with E-state index in [9.17, 15) is 8.42 Å². The number of hydrogen-bond acceptors (Lipinski definition) is 3. The molecule has 0 bridgehead atoms. The first-order chi connectivity index (χ1) is 7.56. The Morgan fingerprint density at radius 1 is 1.31 bits per heavy atom. The number of sulfone groups is 1. The van der Waals surface area contributed by atoms with E-state index in [1.165, 1.54) is 0 Å². The summed E-state index contributed by atoms with van der Waals surface area (Å²) >= 11 is 0. The number of hydrogen-bond donors (Lipinski definition) is 1. The Bertz CT molecular complexity index is 469. The second kappa shape index (κ2) is 5.69. The molecule has 0 aliphatic rings. The minimum atomic E-state index is -3.19. The number of benzene rings is 1. The molecule has 3 nitrogen and oxygen atoms in total. The largest absolute Gasteiger partial charge is 0.305 e. The smallest absolute Gasteiger partial charge is 0.179 e. The van der Waals surface area contributed by atoms with Crippen molar-refractivity contribution in [3.05, 3.63) is 29.8 Å². The molecule has 16 heavy (non-hydrogen) atoms. The van der Waals surface area contributed by atoms with E-state index >= 15 is 0 Å². The fraction of sp³-hybridized carbons (Fsp3) is 0.333. The topological polar surface area (TPSA) is 46.2 Å². The standard InChI is InChI=1S/C12H15NO2S/c1-3-8-13-9-10-16(14,15)12-6-4-11(2)5-7-12/h1,4-7,13H,8-10H2,2H3. The van der Waals surface area contributed by atoms with Gasteiger partial charge in [0, 0.05) is 6.54 Å². The average Bonchev–Trinajstić information content (AvgIpc) is 2.25. The third-order valence-electron chi connectivity index (χ3n) is 2.15. The van der Waals surface area contributed by atoms with Crippen LogP contribution in [0.4, 0.5) is 0 Å². The highest BCUT2D eigenvalue weighted by molar-refractivity contribution is 7.91. The van der Waals surface area contributed by atoms with Gasteiger partial charge in [-0.3, -0.25) is 0 Å². The van der Waals surface area contributed by atoms with Gasteiger partial charge in [-0.05, 0) is 19.1 Å². The summed E-state index contributed by atoms with van der Waals surface area (Å²) in [5.41, 5.74) is 1.05. The summed E-state index contributed by atoms with van der Waals surface area (Å²) in [6.07, 6.45) is 5.04. The van der Waals surface area contributed by atoms with Crippen LogP contribution in [0.1, 0.15) is 5.56 Å². The van der Waals surface area contributed by atoms with Gasteiger partial charge >= 0.3 is 0 Å². The summed E-state index contributed by atoms with van der Waals surface area (Å²) in [6.45, 7) is 2.69. The predicted octanol–water partition coefficient (Wildman–Crippen LogP) is 0.992. The van der Waals surface area contributed by atoms with E-state index in [-0.39, 0.29) is 5.75 Å². The monoisotopic (exact) mass is 237 g/mol. The maximum absolute atomic E-state index is 11.8. The molecule has 0 spiro atoms. The van der Waals surface area contributed by atoms with Gasteiger partial charge in [0.2, 0.25) is 0 Å². The Labute approximate surface area is 96.8 Å². The lowest BCUT2D eigenvalue weighted by Crippen LogP contribution is -2.23. The summed E-state index contributed by atoms with van der Waals surface area (Å²) in [5, 5.41) is 2.86. The number of terminal acetylenes is 1. The van der Waals surface area contributed by atoms with E-state index in [1.807, 2.05) is 6.92 Å². The molecule has 0 aliphatic heterocycles. The summed E-state index contributed by atoms with van der Waals surface area (Å²) in [5.74, 6) is 2.46. The first-order valence-electron chi connectivity index (χ1n) is 5.00. The van der Waals surface area contributed by atoms with Crippen molar-refractivity contribution in [1.82, 2.24) is 5.32 Å². The van der Waals surface area contributed by atoms with Gasteiger partial charge in [0.15, 0.2) is 9.84 Å². The van der Waals surface area contributed by atoms with Crippen LogP contribution in [0, 0.1) is 19.3 Å². The SMILES string of the molecule is C#CCNCCS(=O)(=O)c1ccc(C)cc1. The van der Waals surface area contributed by atoms with Crippen LogP contribution in [0.5, 0.6) is 0 Å². The lowest BCUT2D eigenvalue weighted by atomic mass is 10.2. The van der Waals surface area contributed by atoms with Gasteiger partial charge < -0.3 is 5.32 Å². The highest BCUT2D eigenvalue weighted by Gasteiger charge is 2.12. The van der Waals surface area contributed by atoms with Crippen molar-refractivity contribution in [2.75, 3.05) is 18.8 Å². The molecule has 0 aromatic heterocycles. The number of aryl methyl sites for hydroxylation is 1. The molecule has 1 rings (SSSR count). The van der Waals surface area contributed by atoms with E-state index in [1.54, 1.807) is 24.3 Å². The van der Waals surface area contributed by atoms with Gasteiger partial charge in [0.25, 0.3) is 0 Å². The summed E-state index contributed by atoms with van der Waals surface area (Å²) in [4.78, 5) is 0.362. The van der Waals surface area contributed by atoms with Gasteiger partial charge in [-0.1, -0.05) is 23.6 Å². The molecule has 0 unspecified atom stereocenters. The van der Waals surface area contributed by atoms with Crippen LogP contribution in [-0.2, 0) is 9.84 Å². The maximum Gasteiger partial charge on any atom is 0.179 e. The predicted molar refractivity (Wildman–Crippen MR) is 64.9 cm³/mol. The van der Waals surface area contributed by atoms with Gasteiger partial charge in [0.05, 0.1) is 17.2 Å². The zero-order valence-corrected chi connectivity index (χ0v) is 10.0. The molecule has 0 saturated carbocycles. The first-order valence-corrected chi connectivity index (χ1v) is 6.65. The molecule has 1 aromatic rings. The van der Waals surface area contributed by atoms with Crippen molar-refractivity contribution in [2.24, 2.45) is 0 Å². The maximum atomic E-state index is 11.8. The van der Waals surface area contributed by atoms with Crippen LogP contribution in [0.2, 0.25) is 0 Å². The van der Waals surface area contributed by atoms with Crippen LogP contribution in [0.3, 0.4) is 0 Å². The van der Waals surface area contributed by atoms with E-state index in [0.29, 0.717) is 18.0 Å². The molecule has 1 aromatic carbocycles. The van der Waals surface area contributed by atoms with Crippen LogP contribution in [0.15, 0.2) is 29.2 Å². The fourth-order valence-corrected chi connectivity index (χ4v) is 2.43. The zero-order chi connectivity index (χ0) is 12.0. The quantitative estimate of drug-likeness (QED) is 0.613. The third-order valence-corrected chi connectivity index (χ3v) is 3.89. The second-order valence-corrected chi connectivity index (χ2v) is 5.62. The minimum Gasteiger partial charge on any atom is -0.305 e. The third kappa shape index (κ3) is 3.69. The summed E-state index contributed by atoms with van der Waals surface area (Å²) in [6, 6.07) is 6.85. The molecule has 4 heteroatoms. The van der Waals surface area contributed by atoms with Gasteiger partial charge in [-0.25, -0.2) is 8.42 Å². The van der Waals surface area contributed by atoms with Crippen LogP contribution < -0.4 is 5.32 Å². The van der Waals surface area contributed by atoms with E-state index in [4.69, 9.17) is 6.42 Å². The first kappa shape index (κ1) is 12.8. The Hall–Kier alpha value is -1.31. The fourth-order valence-electron chi connectivity index (χ4n) is 1.23. The van der Waals surface area contributed by atoms with Crippen LogP contribution in [0.25, 0.3) is 0 Å². The Balaban J connectivity index is 2.64. The van der Waals surface area contributed by atoms with E-state index < -0.39 is 9.84 Å². The highest BCUT2D eigenvalue weighted by Crippen LogP contribution is 2.11. The normalized spacial score (nSPS) is 11.0. The van der Waals surface area contributed by atoms with E-state index in [2.05, 4.69) is 11.2 Å². The highest BCUT2D eigenvalue weighted by atomic mass is 32.2. The molecular weight excluding hydrogens is 222 g/mol. The molecular formula is C12H15NO2S. The number of rotatable bonds is 5. The molecule has 0 heterocycles.